The molecule has 0 radical (unpaired) electrons. The number of carbonyl (C=O) groups is 4. The zero-order chi connectivity index (χ0) is 34.7. The summed E-state index contributed by atoms with van der Waals surface area (Å²) in [5, 5.41) is 9.15. The molecule has 1 aliphatic rings. The number of nitrogens with zero attached hydrogens (tertiary/aromatic N) is 2. The van der Waals surface area contributed by atoms with E-state index in [1.807, 2.05) is 64.1 Å². The second-order valence-electron chi connectivity index (χ2n) is 13.2. The predicted octanol–water partition coefficient (Wildman–Crippen LogP) is 4.19. The Morgan fingerprint density at radius 2 is 1.77 bits per heavy atom. The largest absolute Gasteiger partial charge is 0.443 e. The number of carbonyl (C=O) groups excluding carboxylic acids is 4. The molecule has 0 saturated carbocycles. The highest BCUT2D eigenvalue weighted by Gasteiger charge is 2.41. The van der Waals surface area contributed by atoms with E-state index in [1.54, 1.807) is 17.0 Å². The molecule has 2 heterocycles. The average Bonchev–Trinajstić information content (AvgIpc) is 3.73. The summed E-state index contributed by atoms with van der Waals surface area (Å²) in [6, 6.07) is 13.3. The van der Waals surface area contributed by atoms with Gasteiger partial charge in [0.2, 0.25) is 23.6 Å². The van der Waals surface area contributed by atoms with Crippen LogP contribution >= 0.6 is 0 Å². The van der Waals surface area contributed by atoms with Crippen molar-refractivity contribution in [2.75, 3.05) is 31.6 Å². The fourth-order valence-electron chi connectivity index (χ4n) is 5.64. The van der Waals surface area contributed by atoms with Gasteiger partial charge in [-0.1, -0.05) is 45.0 Å². The van der Waals surface area contributed by atoms with Gasteiger partial charge in [0.05, 0.1) is 5.69 Å². The summed E-state index contributed by atoms with van der Waals surface area (Å²) < 4.78 is 11.1. The molecule has 3 aromatic rings. The molecule has 12 nitrogen and oxygen atoms in total. The van der Waals surface area contributed by atoms with E-state index >= 15 is 0 Å². The maximum atomic E-state index is 13.8. The number of ether oxygens (including phenoxy) is 1. The molecule has 0 unspecified atom stereocenters. The maximum absolute atomic E-state index is 13.8. The summed E-state index contributed by atoms with van der Waals surface area (Å²) in [7, 11) is 0. The van der Waals surface area contributed by atoms with Crippen molar-refractivity contribution in [1.82, 2.24) is 20.5 Å². The number of rotatable bonds is 16. The molecular formula is C36H48N6O6. The van der Waals surface area contributed by atoms with Gasteiger partial charge >= 0.3 is 0 Å². The molecule has 2 atom stereocenters. The van der Waals surface area contributed by atoms with E-state index in [0.29, 0.717) is 43.9 Å². The first-order valence-electron chi connectivity index (χ1n) is 16.5. The van der Waals surface area contributed by atoms with Crippen LogP contribution in [0.25, 0.3) is 11.3 Å². The van der Waals surface area contributed by atoms with Gasteiger partial charge in [-0.2, -0.15) is 0 Å². The third kappa shape index (κ3) is 10.1. The normalized spacial score (nSPS) is 15.2. The Hall–Kier alpha value is -4.71. The molecule has 0 spiro atoms. The van der Waals surface area contributed by atoms with E-state index in [0.717, 1.165) is 48.3 Å². The molecule has 12 heteroatoms. The smallest absolute Gasteiger partial charge is 0.248 e. The molecule has 4 rings (SSSR count). The predicted molar refractivity (Wildman–Crippen MR) is 183 cm³/mol. The molecule has 0 aliphatic carbocycles. The number of unbranched alkanes of at least 4 members (excludes halogenated alkanes) is 2. The van der Waals surface area contributed by atoms with Crippen LogP contribution in [0.15, 0.2) is 59.3 Å². The van der Waals surface area contributed by atoms with Gasteiger partial charge in [-0.25, -0.2) is 4.98 Å². The van der Waals surface area contributed by atoms with Crippen molar-refractivity contribution in [3.05, 3.63) is 71.7 Å². The molecule has 2 aromatic carbocycles. The van der Waals surface area contributed by atoms with E-state index in [2.05, 4.69) is 20.9 Å². The van der Waals surface area contributed by atoms with E-state index in [9.17, 15) is 19.2 Å². The van der Waals surface area contributed by atoms with Gasteiger partial charge in [-0.15, -0.1) is 0 Å². The maximum Gasteiger partial charge on any atom is 0.248 e. The topological polar surface area (TPSA) is 169 Å². The number of aryl methyl sites for hydroxylation is 1. The highest BCUT2D eigenvalue weighted by Crippen LogP contribution is 2.26. The van der Waals surface area contributed by atoms with Crippen molar-refractivity contribution in [3.8, 4) is 11.3 Å². The number of primary amides is 1. The number of likely N-dealkylation sites (tertiary alicyclic amines) is 1. The molecule has 1 aromatic heterocycles. The van der Waals surface area contributed by atoms with Crippen molar-refractivity contribution in [3.63, 3.8) is 0 Å². The van der Waals surface area contributed by atoms with Crippen molar-refractivity contribution >= 4 is 29.3 Å². The van der Waals surface area contributed by atoms with Gasteiger partial charge in [0.25, 0.3) is 0 Å². The summed E-state index contributed by atoms with van der Waals surface area (Å²) in [6.07, 6.45) is 5.29. The first-order chi connectivity index (χ1) is 22.9. The van der Waals surface area contributed by atoms with Crippen LogP contribution in [0.2, 0.25) is 0 Å². The third-order valence-corrected chi connectivity index (χ3v) is 8.38. The quantitative estimate of drug-likeness (QED) is 0.166. The van der Waals surface area contributed by atoms with Gasteiger partial charge in [0.1, 0.15) is 18.7 Å². The number of nitrogens with two attached hydrogens (primary N) is 1. The van der Waals surface area contributed by atoms with E-state index in [-0.39, 0.29) is 24.3 Å². The second-order valence-corrected chi connectivity index (χ2v) is 13.2. The number of hydrogen-bond acceptors (Lipinski definition) is 8. The van der Waals surface area contributed by atoms with Crippen molar-refractivity contribution in [1.29, 1.82) is 0 Å². The number of anilines is 1. The standard InChI is InChI=1S/C36H48N6O6/c1-24-31(48-23-40-24)26-12-10-25(11-13-26)21-39-34(45)29-9-8-19-42(29)35(46)32(36(2,3)4)41-30(43)22-47-20-7-5-6-18-38-28-16-14-27(15-17-28)33(37)44/h10-17,23,29,32,38H,5-9,18-22H2,1-4H3,(H2,37,44)(H,39,45)(H,41,43)/t29-,32+/m0/s1. The first kappa shape index (κ1) is 36.1. The molecule has 1 aliphatic heterocycles. The average molecular weight is 661 g/mol. The highest BCUT2D eigenvalue weighted by atomic mass is 16.5. The van der Waals surface area contributed by atoms with Gasteiger partial charge < -0.3 is 35.7 Å². The molecular weight excluding hydrogens is 612 g/mol. The summed E-state index contributed by atoms with van der Waals surface area (Å²) in [5.74, 6) is -0.587. The van der Waals surface area contributed by atoms with Crippen LogP contribution in [0.1, 0.15) is 74.5 Å². The van der Waals surface area contributed by atoms with Gasteiger partial charge in [0, 0.05) is 43.1 Å². The fourth-order valence-corrected chi connectivity index (χ4v) is 5.64. The van der Waals surface area contributed by atoms with Crippen LogP contribution in [0.3, 0.4) is 0 Å². The molecule has 0 bridgehead atoms. The first-order valence-corrected chi connectivity index (χ1v) is 16.5. The van der Waals surface area contributed by atoms with Crippen molar-refractivity contribution < 1.29 is 28.3 Å². The van der Waals surface area contributed by atoms with E-state index < -0.39 is 23.4 Å². The highest BCUT2D eigenvalue weighted by molar-refractivity contribution is 5.93. The lowest BCUT2D eigenvalue weighted by Gasteiger charge is -2.35. The van der Waals surface area contributed by atoms with Crippen LogP contribution in [-0.4, -0.2) is 71.9 Å². The zero-order valence-electron chi connectivity index (χ0n) is 28.3. The Labute approximate surface area is 282 Å². The van der Waals surface area contributed by atoms with E-state index in [1.165, 1.54) is 6.39 Å². The monoisotopic (exact) mass is 660 g/mol. The summed E-state index contributed by atoms with van der Waals surface area (Å²) >= 11 is 0. The Kier molecular flexibility index (Phi) is 12.7. The molecule has 1 fully saturated rings. The van der Waals surface area contributed by atoms with Crippen LogP contribution in [0.5, 0.6) is 0 Å². The summed E-state index contributed by atoms with van der Waals surface area (Å²) in [6.45, 7) is 9.38. The van der Waals surface area contributed by atoms with Crippen LogP contribution < -0.4 is 21.7 Å². The number of aromatic nitrogens is 1. The minimum atomic E-state index is -0.808. The number of hydrogen-bond donors (Lipinski definition) is 4. The Balaban J connectivity index is 1.18. The number of amides is 4. The second kappa shape index (κ2) is 16.9. The molecule has 5 N–H and O–H groups in total. The van der Waals surface area contributed by atoms with Crippen LogP contribution in [0.4, 0.5) is 5.69 Å². The minimum absolute atomic E-state index is 0.150. The molecule has 48 heavy (non-hydrogen) atoms. The van der Waals surface area contributed by atoms with Gasteiger partial charge in [-0.05, 0) is 74.3 Å². The zero-order valence-corrected chi connectivity index (χ0v) is 28.3. The SMILES string of the molecule is Cc1ncoc1-c1ccc(CNC(=O)[C@@H]2CCCN2C(=O)[C@@H](NC(=O)COCCCCCNc2ccc(C(N)=O)cc2)C(C)(C)C)cc1. The Bertz CT molecular complexity index is 1530. The van der Waals surface area contributed by atoms with E-state index in [4.69, 9.17) is 14.9 Å². The number of nitrogens with one attached hydrogen (secondary N) is 3. The summed E-state index contributed by atoms with van der Waals surface area (Å²) in [5.41, 5.74) is 8.71. The minimum Gasteiger partial charge on any atom is -0.443 e. The lowest BCUT2D eigenvalue weighted by Crippen LogP contribution is -2.58. The van der Waals surface area contributed by atoms with Crippen LogP contribution in [-0.2, 0) is 25.7 Å². The lowest BCUT2D eigenvalue weighted by atomic mass is 9.85. The Morgan fingerprint density at radius 1 is 1.04 bits per heavy atom. The molecule has 4 amide bonds. The fraction of sp³-hybridized carbons (Fsp3) is 0.472. The molecule has 258 valence electrons. The van der Waals surface area contributed by atoms with Crippen molar-refractivity contribution in [2.45, 2.75) is 78.4 Å². The lowest BCUT2D eigenvalue weighted by molar-refractivity contribution is -0.144. The Morgan fingerprint density at radius 3 is 2.42 bits per heavy atom. The third-order valence-electron chi connectivity index (χ3n) is 8.38. The number of oxazole rings is 1. The van der Waals surface area contributed by atoms with Crippen LogP contribution in [0, 0.1) is 12.3 Å². The summed E-state index contributed by atoms with van der Waals surface area (Å²) in [4.78, 5) is 56.8. The number of benzene rings is 2. The van der Waals surface area contributed by atoms with Gasteiger partial charge in [-0.3, -0.25) is 19.2 Å². The van der Waals surface area contributed by atoms with Crippen molar-refractivity contribution in [2.24, 2.45) is 11.1 Å². The molecule has 1 saturated heterocycles. The van der Waals surface area contributed by atoms with Gasteiger partial charge in [0.15, 0.2) is 12.2 Å².